The average molecular weight is 590 g/mol. The molecule has 2 fully saturated rings. The van der Waals surface area contributed by atoms with Crippen molar-refractivity contribution in [2.45, 2.75) is 70.4 Å². The van der Waals surface area contributed by atoms with Crippen LogP contribution in [0.3, 0.4) is 0 Å². The summed E-state index contributed by atoms with van der Waals surface area (Å²) < 4.78 is 9.98. The van der Waals surface area contributed by atoms with Gasteiger partial charge in [0.1, 0.15) is 11.6 Å². The summed E-state index contributed by atoms with van der Waals surface area (Å²) in [4.78, 5) is 56.6. The summed E-state index contributed by atoms with van der Waals surface area (Å²) >= 11 is 0. The van der Waals surface area contributed by atoms with E-state index in [1.807, 2.05) is 51.1 Å². The molecule has 2 atom stereocenters. The van der Waals surface area contributed by atoms with Crippen LogP contribution in [0.5, 0.6) is 0 Å². The molecule has 0 unspecified atom stereocenters. The number of rotatable bonds is 7. The van der Waals surface area contributed by atoms with Gasteiger partial charge in [0.15, 0.2) is 5.82 Å². The van der Waals surface area contributed by atoms with E-state index in [2.05, 4.69) is 25.3 Å². The predicted molar refractivity (Wildman–Crippen MR) is 160 cm³/mol. The topological polar surface area (TPSA) is 147 Å². The number of hydrogen-bond donors (Lipinski definition) is 3. The number of nitrogens with one attached hydrogen (secondary N) is 3. The first-order chi connectivity index (χ1) is 20.6. The lowest BCUT2D eigenvalue weighted by atomic mass is 9.81. The van der Waals surface area contributed by atoms with Crippen molar-refractivity contribution in [2.75, 3.05) is 18.4 Å². The molecular weight excluding hydrogens is 550 g/mol. The highest BCUT2D eigenvalue weighted by Crippen LogP contribution is 2.38. The van der Waals surface area contributed by atoms with Crippen molar-refractivity contribution in [3.8, 4) is 11.4 Å². The number of ether oxygens (including phenoxy) is 1. The number of amides is 3. The van der Waals surface area contributed by atoms with Crippen molar-refractivity contribution < 1.29 is 23.6 Å². The van der Waals surface area contributed by atoms with E-state index < -0.39 is 23.5 Å². The molecule has 11 heteroatoms. The maximum Gasteiger partial charge on any atom is 0.460 e. The molecule has 228 valence electrons. The van der Waals surface area contributed by atoms with Gasteiger partial charge in [-0.3, -0.25) is 9.59 Å². The lowest BCUT2D eigenvalue weighted by Crippen LogP contribution is -2.48. The lowest BCUT2D eigenvalue weighted by Gasteiger charge is -2.34. The van der Waals surface area contributed by atoms with Gasteiger partial charge in [-0.2, -0.15) is 10.1 Å². The van der Waals surface area contributed by atoms with Crippen molar-refractivity contribution in [3.63, 3.8) is 0 Å². The molecule has 1 aromatic heterocycles. The number of likely N-dealkylation sites (tertiary alicyclic amines) is 1. The van der Waals surface area contributed by atoms with Gasteiger partial charge in [0, 0.05) is 36.2 Å². The van der Waals surface area contributed by atoms with E-state index in [-0.39, 0.29) is 29.6 Å². The summed E-state index contributed by atoms with van der Waals surface area (Å²) in [5, 5.41) is 8.33. The van der Waals surface area contributed by atoms with Gasteiger partial charge in [-0.15, -0.1) is 0 Å². The zero-order valence-corrected chi connectivity index (χ0v) is 24.8. The zero-order valence-electron chi connectivity index (χ0n) is 24.8. The highest BCUT2D eigenvalue weighted by molar-refractivity contribution is 5.98. The number of aromatic nitrogens is 2. The van der Waals surface area contributed by atoms with Gasteiger partial charge >= 0.3 is 11.8 Å². The predicted octanol–water partition coefficient (Wildman–Crippen LogP) is 4.68. The van der Waals surface area contributed by atoms with Crippen LogP contribution in [0.4, 0.5) is 10.5 Å². The monoisotopic (exact) mass is 589 g/mol. The van der Waals surface area contributed by atoms with Gasteiger partial charge in [-0.1, -0.05) is 30.3 Å². The van der Waals surface area contributed by atoms with Crippen LogP contribution in [0.2, 0.25) is 0 Å². The maximum atomic E-state index is 13.9. The molecule has 5 rings (SSSR count). The zero-order chi connectivity index (χ0) is 30.6. The molecule has 2 aromatic carbocycles. The van der Waals surface area contributed by atoms with Crippen LogP contribution >= 0.6 is 0 Å². The number of nitrogens with zero attached hydrogens (tertiary/aromatic N) is 2. The number of carbonyl (C=O) groups excluding carboxylic acids is 3. The number of aromatic amines is 1. The minimum absolute atomic E-state index is 0.0162. The Morgan fingerprint density at radius 3 is 2.33 bits per heavy atom. The second-order valence-corrected chi connectivity index (χ2v) is 12.4. The molecule has 3 aromatic rings. The standard InChI is InChI=1S/C32H39N5O6/c1-32(2,3)42-30(40)33-19-20-9-11-23(12-10-20)29(39)37-18-17-25(21-7-5-4-6-8-21)26(37)28(38)34-24-15-13-22(14-16-24)27-35-31(41)43-36-27/h4-8,13-16,20,23,25-26H,9-12,17-19H2,1-3H3,(H,33,40)(H,34,38)(H,35,36,41)/t20-,23-,25-,26-/m0/s1. The minimum Gasteiger partial charge on any atom is -0.444 e. The molecule has 3 amide bonds. The fourth-order valence-corrected chi connectivity index (χ4v) is 6.08. The van der Waals surface area contributed by atoms with E-state index in [1.54, 1.807) is 29.2 Å². The molecule has 0 spiro atoms. The lowest BCUT2D eigenvalue weighted by molar-refractivity contribution is -0.141. The first-order valence-electron chi connectivity index (χ1n) is 14.9. The van der Waals surface area contributed by atoms with Crippen molar-refractivity contribution in [1.29, 1.82) is 0 Å². The van der Waals surface area contributed by atoms with Crippen LogP contribution in [-0.2, 0) is 14.3 Å². The number of carbonyl (C=O) groups is 3. The van der Waals surface area contributed by atoms with Gasteiger partial charge in [-0.05, 0) is 88.6 Å². The third-order valence-corrected chi connectivity index (χ3v) is 8.17. The number of benzene rings is 2. The number of H-pyrrole nitrogens is 1. The van der Waals surface area contributed by atoms with Crippen LogP contribution in [0.15, 0.2) is 63.9 Å². The van der Waals surface area contributed by atoms with Crippen LogP contribution in [0, 0.1) is 11.8 Å². The van der Waals surface area contributed by atoms with Gasteiger partial charge in [-0.25, -0.2) is 9.59 Å². The summed E-state index contributed by atoms with van der Waals surface area (Å²) in [5.74, 6) is -0.638. The van der Waals surface area contributed by atoms with E-state index in [9.17, 15) is 19.2 Å². The maximum absolute atomic E-state index is 13.9. The third kappa shape index (κ3) is 7.52. The molecule has 1 saturated heterocycles. The van der Waals surface area contributed by atoms with E-state index >= 15 is 0 Å². The van der Waals surface area contributed by atoms with Gasteiger partial charge < -0.3 is 24.8 Å². The number of hydrogen-bond acceptors (Lipinski definition) is 7. The third-order valence-electron chi connectivity index (χ3n) is 8.17. The summed E-state index contributed by atoms with van der Waals surface area (Å²) in [5.41, 5.74) is 1.69. The van der Waals surface area contributed by atoms with Gasteiger partial charge in [0.05, 0.1) is 0 Å². The number of anilines is 1. The van der Waals surface area contributed by atoms with E-state index in [0.717, 1.165) is 18.4 Å². The Bertz CT molecular complexity index is 1470. The molecule has 3 N–H and O–H groups in total. The van der Waals surface area contributed by atoms with Crippen molar-refractivity contribution in [3.05, 3.63) is 70.7 Å². The molecule has 43 heavy (non-hydrogen) atoms. The van der Waals surface area contributed by atoms with E-state index in [4.69, 9.17) is 4.74 Å². The normalized spacial score (nSPS) is 22.2. The molecule has 11 nitrogen and oxygen atoms in total. The summed E-state index contributed by atoms with van der Waals surface area (Å²) in [6, 6.07) is 16.1. The first-order valence-corrected chi connectivity index (χ1v) is 14.9. The molecule has 2 aliphatic rings. The van der Waals surface area contributed by atoms with Crippen molar-refractivity contribution in [1.82, 2.24) is 20.4 Å². The molecule has 0 radical (unpaired) electrons. The minimum atomic E-state index is -0.712. The molecule has 0 bridgehead atoms. The van der Waals surface area contributed by atoms with Gasteiger partial charge in [0.2, 0.25) is 11.8 Å². The SMILES string of the molecule is CC(C)(C)OC(=O)NC[C@H]1CC[C@H](C(=O)N2CC[C@@H](c3ccccc3)[C@H]2C(=O)Nc2ccc(-c3nc(=O)o[nH]3)cc2)CC1. The fraction of sp³-hybridized carbons (Fsp3) is 0.469. The highest BCUT2D eigenvalue weighted by Gasteiger charge is 2.44. The Hall–Kier alpha value is -4.41. The highest BCUT2D eigenvalue weighted by atomic mass is 16.6. The molecule has 1 aliphatic carbocycles. The summed E-state index contributed by atoms with van der Waals surface area (Å²) in [6.07, 6.45) is 3.34. The van der Waals surface area contributed by atoms with Crippen LogP contribution in [-0.4, -0.2) is 57.7 Å². The molecular formula is C32H39N5O6. The quantitative estimate of drug-likeness (QED) is 0.362. The second-order valence-electron chi connectivity index (χ2n) is 12.4. The van der Waals surface area contributed by atoms with Crippen LogP contribution in [0.25, 0.3) is 11.4 Å². The largest absolute Gasteiger partial charge is 0.460 e. The Kier molecular flexibility index (Phi) is 8.98. The first kappa shape index (κ1) is 30.1. The average Bonchev–Trinajstić information content (AvgIpc) is 3.63. The Morgan fingerprint density at radius 2 is 1.70 bits per heavy atom. The smallest absolute Gasteiger partial charge is 0.444 e. The van der Waals surface area contributed by atoms with Crippen LogP contribution in [0.1, 0.15) is 64.4 Å². The van der Waals surface area contributed by atoms with Crippen molar-refractivity contribution >= 4 is 23.6 Å². The molecule has 1 aliphatic heterocycles. The summed E-state index contributed by atoms with van der Waals surface area (Å²) in [6.45, 7) is 6.52. The summed E-state index contributed by atoms with van der Waals surface area (Å²) in [7, 11) is 0. The van der Waals surface area contributed by atoms with Gasteiger partial charge in [0.25, 0.3) is 0 Å². The van der Waals surface area contributed by atoms with Crippen LogP contribution < -0.4 is 16.4 Å². The van der Waals surface area contributed by atoms with E-state index in [1.165, 1.54) is 0 Å². The Morgan fingerprint density at radius 1 is 1.00 bits per heavy atom. The fourth-order valence-electron chi connectivity index (χ4n) is 6.08. The Labute approximate surface area is 250 Å². The number of alkyl carbamates (subject to hydrolysis) is 1. The second kappa shape index (κ2) is 12.8. The molecule has 2 heterocycles. The van der Waals surface area contributed by atoms with E-state index in [0.29, 0.717) is 49.4 Å². The Balaban J connectivity index is 1.24. The molecule has 1 saturated carbocycles. The van der Waals surface area contributed by atoms with Crippen molar-refractivity contribution in [2.24, 2.45) is 11.8 Å².